The fraction of sp³-hybridized carbons (Fsp3) is 0.150. The number of nitrogens with zero attached hydrogens (tertiary/aromatic N) is 1. The number of benzene rings is 3. The van der Waals surface area contributed by atoms with Crippen molar-refractivity contribution < 1.29 is 26.4 Å². The Morgan fingerprint density at radius 3 is 2.28 bits per heavy atom. The average molecular weight is 420 g/mol. The molecule has 4 rings (SSSR count). The van der Waals surface area contributed by atoms with Gasteiger partial charge in [-0.15, -0.1) is 0 Å². The van der Waals surface area contributed by atoms with Gasteiger partial charge in [0.2, 0.25) is 5.91 Å². The molecule has 1 N–H and O–H groups in total. The van der Waals surface area contributed by atoms with Gasteiger partial charge in [-0.05, 0) is 35.2 Å². The quantitative estimate of drug-likeness (QED) is 0.700. The molecule has 0 unspecified atom stereocenters. The summed E-state index contributed by atoms with van der Waals surface area (Å²) < 4.78 is 64.6. The van der Waals surface area contributed by atoms with E-state index in [2.05, 4.69) is 5.32 Å². The number of hydrogen-bond acceptors (Lipinski definition) is 3. The molecule has 1 aliphatic heterocycles. The van der Waals surface area contributed by atoms with E-state index in [1.807, 2.05) is 0 Å². The van der Waals surface area contributed by atoms with E-state index in [0.717, 1.165) is 21.8 Å². The molecule has 0 bridgehead atoms. The topological polar surface area (TPSA) is 66.5 Å². The normalized spacial score (nSPS) is 14.9. The number of alkyl halides is 3. The lowest BCUT2D eigenvalue weighted by molar-refractivity contribution is -0.137. The standard InChI is InChI=1S/C20H15F3N2O3S/c21-20(22,23)15-9-7-13(8-10-15)11-24-18(26)12-25-16-5-1-3-14-4-2-6-17(19(14)16)29(25,27)28/h1-10H,11-12H2,(H,24,26). The predicted molar refractivity (Wildman–Crippen MR) is 102 cm³/mol. The Hall–Kier alpha value is -3.07. The molecule has 0 atom stereocenters. The summed E-state index contributed by atoms with van der Waals surface area (Å²) in [5.74, 6) is -0.557. The van der Waals surface area contributed by atoms with Crippen molar-refractivity contribution in [1.29, 1.82) is 0 Å². The van der Waals surface area contributed by atoms with E-state index in [4.69, 9.17) is 0 Å². The first-order valence-electron chi connectivity index (χ1n) is 8.65. The maximum Gasteiger partial charge on any atom is 0.416 e. The Kier molecular flexibility index (Phi) is 4.49. The lowest BCUT2D eigenvalue weighted by Gasteiger charge is -2.18. The Labute approximate surface area is 164 Å². The number of rotatable bonds is 4. The predicted octanol–water partition coefficient (Wildman–Crippen LogP) is 3.68. The first kappa shape index (κ1) is 19.3. The zero-order valence-electron chi connectivity index (χ0n) is 14.9. The number of amides is 1. The SMILES string of the molecule is O=C(CN1c2cccc3cccc(c23)S1(=O)=O)NCc1ccc(C(F)(F)F)cc1. The molecule has 1 heterocycles. The van der Waals surface area contributed by atoms with E-state index >= 15 is 0 Å². The van der Waals surface area contributed by atoms with Crippen molar-refractivity contribution in [3.8, 4) is 0 Å². The molecule has 5 nitrogen and oxygen atoms in total. The molecule has 0 spiro atoms. The van der Waals surface area contributed by atoms with E-state index in [9.17, 15) is 26.4 Å². The minimum atomic E-state index is -4.43. The van der Waals surface area contributed by atoms with Crippen LogP contribution in [0.1, 0.15) is 11.1 Å². The Bertz CT molecular complexity index is 1200. The molecule has 9 heteroatoms. The van der Waals surface area contributed by atoms with Gasteiger partial charge in [0.05, 0.1) is 16.1 Å². The number of hydrogen-bond donors (Lipinski definition) is 1. The van der Waals surface area contributed by atoms with Crippen molar-refractivity contribution in [1.82, 2.24) is 5.32 Å². The van der Waals surface area contributed by atoms with Gasteiger partial charge in [0, 0.05) is 11.9 Å². The lowest BCUT2D eigenvalue weighted by atomic mass is 10.1. The number of carbonyl (C=O) groups is 1. The first-order valence-corrected chi connectivity index (χ1v) is 10.1. The van der Waals surface area contributed by atoms with Crippen molar-refractivity contribution >= 4 is 32.4 Å². The third-order valence-corrected chi connectivity index (χ3v) is 6.54. The summed E-state index contributed by atoms with van der Waals surface area (Å²) >= 11 is 0. The van der Waals surface area contributed by atoms with Crippen LogP contribution in [0.4, 0.5) is 18.9 Å². The van der Waals surface area contributed by atoms with E-state index in [0.29, 0.717) is 16.6 Å². The van der Waals surface area contributed by atoms with Gasteiger partial charge in [-0.3, -0.25) is 9.10 Å². The van der Waals surface area contributed by atoms with Crippen LogP contribution < -0.4 is 9.62 Å². The van der Waals surface area contributed by atoms with Gasteiger partial charge in [-0.2, -0.15) is 13.2 Å². The highest BCUT2D eigenvalue weighted by atomic mass is 32.2. The van der Waals surface area contributed by atoms with Crippen LogP contribution in [0.25, 0.3) is 10.8 Å². The highest BCUT2D eigenvalue weighted by Gasteiger charge is 2.36. The van der Waals surface area contributed by atoms with Crippen LogP contribution in [0.3, 0.4) is 0 Å². The van der Waals surface area contributed by atoms with Crippen LogP contribution in [0.15, 0.2) is 65.6 Å². The van der Waals surface area contributed by atoms with Crippen molar-refractivity contribution in [3.05, 3.63) is 71.8 Å². The Balaban J connectivity index is 1.49. The fourth-order valence-electron chi connectivity index (χ4n) is 3.33. The number of sulfonamides is 1. The fourth-order valence-corrected chi connectivity index (χ4v) is 4.99. The van der Waals surface area contributed by atoms with Gasteiger partial charge in [-0.25, -0.2) is 8.42 Å². The van der Waals surface area contributed by atoms with Gasteiger partial charge >= 0.3 is 6.18 Å². The van der Waals surface area contributed by atoms with E-state index in [-0.39, 0.29) is 11.4 Å². The Morgan fingerprint density at radius 1 is 0.966 bits per heavy atom. The lowest BCUT2D eigenvalue weighted by Crippen LogP contribution is -2.38. The van der Waals surface area contributed by atoms with Crippen LogP contribution in [-0.4, -0.2) is 20.9 Å². The monoisotopic (exact) mass is 420 g/mol. The minimum Gasteiger partial charge on any atom is -0.350 e. The second kappa shape index (κ2) is 6.77. The third kappa shape index (κ3) is 3.42. The van der Waals surface area contributed by atoms with Crippen molar-refractivity contribution in [3.63, 3.8) is 0 Å². The van der Waals surface area contributed by atoms with Gasteiger partial charge in [0.25, 0.3) is 10.0 Å². The highest BCUT2D eigenvalue weighted by Crippen LogP contribution is 2.41. The molecule has 3 aromatic carbocycles. The summed E-state index contributed by atoms with van der Waals surface area (Å²) in [6.07, 6.45) is -4.43. The smallest absolute Gasteiger partial charge is 0.350 e. The van der Waals surface area contributed by atoms with Crippen LogP contribution in [0.5, 0.6) is 0 Å². The molecule has 3 aromatic rings. The maximum atomic E-state index is 12.8. The molecular formula is C20H15F3N2O3S. The van der Waals surface area contributed by atoms with E-state index in [1.54, 1.807) is 30.3 Å². The summed E-state index contributed by atoms with van der Waals surface area (Å²) in [6.45, 7) is -0.432. The zero-order chi connectivity index (χ0) is 20.8. The molecular weight excluding hydrogens is 405 g/mol. The van der Waals surface area contributed by atoms with Crippen molar-refractivity contribution in [2.75, 3.05) is 10.8 Å². The van der Waals surface area contributed by atoms with E-state index < -0.39 is 34.2 Å². The molecule has 0 aliphatic carbocycles. The molecule has 0 saturated carbocycles. The van der Waals surface area contributed by atoms with Gasteiger partial charge < -0.3 is 5.32 Å². The average Bonchev–Trinajstić information content (AvgIpc) is 2.89. The largest absolute Gasteiger partial charge is 0.416 e. The number of nitrogens with one attached hydrogen (secondary N) is 1. The maximum absolute atomic E-state index is 12.8. The second-order valence-electron chi connectivity index (χ2n) is 6.61. The molecule has 0 radical (unpaired) electrons. The molecule has 29 heavy (non-hydrogen) atoms. The van der Waals surface area contributed by atoms with Gasteiger partial charge in [0.15, 0.2) is 0 Å². The summed E-state index contributed by atoms with van der Waals surface area (Å²) in [5, 5.41) is 3.89. The van der Waals surface area contributed by atoms with Gasteiger partial charge in [-0.1, -0.05) is 36.4 Å². The summed E-state index contributed by atoms with van der Waals surface area (Å²) in [4.78, 5) is 12.5. The van der Waals surface area contributed by atoms with Crippen LogP contribution in [-0.2, 0) is 27.5 Å². The highest BCUT2D eigenvalue weighted by molar-refractivity contribution is 7.93. The summed E-state index contributed by atoms with van der Waals surface area (Å²) in [6, 6.07) is 14.5. The molecule has 0 aromatic heterocycles. The minimum absolute atomic E-state index is 0.0119. The van der Waals surface area contributed by atoms with Crippen molar-refractivity contribution in [2.45, 2.75) is 17.6 Å². The third-order valence-electron chi connectivity index (χ3n) is 4.74. The Morgan fingerprint density at radius 2 is 1.62 bits per heavy atom. The molecule has 0 saturated heterocycles. The molecule has 1 amide bonds. The first-order chi connectivity index (χ1) is 13.7. The van der Waals surface area contributed by atoms with Gasteiger partial charge in [0.1, 0.15) is 6.54 Å². The summed E-state index contributed by atoms with van der Waals surface area (Å²) in [5.41, 5.74) is 0.130. The van der Waals surface area contributed by atoms with Crippen LogP contribution in [0, 0.1) is 0 Å². The summed E-state index contributed by atoms with van der Waals surface area (Å²) in [7, 11) is -3.85. The second-order valence-corrected chi connectivity index (χ2v) is 8.45. The number of carbonyl (C=O) groups excluding carboxylic acids is 1. The molecule has 0 fully saturated rings. The molecule has 1 aliphatic rings. The van der Waals surface area contributed by atoms with Crippen LogP contribution in [0.2, 0.25) is 0 Å². The number of anilines is 1. The number of halogens is 3. The van der Waals surface area contributed by atoms with E-state index in [1.165, 1.54) is 18.2 Å². The molecule has 150 valence electrons. The zero-order valence-corrected chi connectivity index (χ0v) is 15.7. The van der Waals surface area contributed by atoms with Crippen molar-refractivity contribution in [2.24, 2.45) is 0 Å². The van der Waals surface area contributed by atoms with Crippen LogP contribution >= 0.6 is 0 Å².